The van der Waals surface area contributed by atoms with Crippen molar-refractivity contribution in [1.29, 1.82) is 0 Å². The summed E-state index contributed by atoms with van der Waals surface area (Å²) in [5, 5.41) is 2.79. The quantitative estimate of drug-likeness (QED) is 0.849. The lowest BCUT2D eigenvalue weighted by molar-refractivity contribution is -0.111. The number of hydrogen-bond acceptors (Lipinski definition) is 2. The van der Waals surface area contributed by atoms with Crippen molar-refractivity contribution >= 4 is 17.7 Å². The summed E-state index contributed by atoms with van der Waals surface area (Å²) in [6.07, 6.45) is 4.39. The highest BCUT2D eigenvalue weighted by atomic mass is 16.3. The van der Waals surface area contributed by atoms with Gasteiger partial charge in [0.15, 0.2) is 0 Å². The average molecular weight is 267 g/mol. The Morgan fingerprint density at radius 3 is 2.70 bits per heavy atom. The molecule has 2 aromatic rings. The zero-order valence-corrected chi connectivity index (χ0v) is 11.4. The molecule has 1 fully saturated rings. The van der Waals surface area contributed by atoms with Gasteiger partial charge in [0, 0.05) is 17.7 Å². The number of anilines is 1. The van der Waals surface area contributed by atoms with Gasteiger partial charge in [-0.2, -0.15) is 0 Å². The first-order chi connectivity index (χ1) is 9.72. The Hall–Kier alpha value is -2.29. The number of rotatable bonds is 4. The molecule has 1 amide bonds. The van der Waals surface area contributed by atoms with Crippen molar-refractivity contribution in [3.05, 3.63) is 60.1 Å². The second-order valence-electron chi connectivity index (χ2n) is 5.25. The second kappa shape index (κ2) is 5.37. The van der Waals surface area contributed by atoms with Gasteiger partial charge < -0.3 is 9.73 Å². The molecule has 1 aliphatic carbocycles. The molecule has 0 saturated heterocycles. The molecule has 0 aliphatic heterocycles. The Labute approximate surface area is 118 Å². The molecule has 1 aliphatic rings. The van der Waals surface area contributed by atoms with Crippen LogP contribution in [0.1, 0.15) is 30.8 Å². The van der Waals surface area contributed by atoms with Crippen molar-refractivity contribution in [1.82, 2.24) is 0 Å². The Kier molecular flexibility index (Phi) is 3.42. The van der Waals surface area contributed by atoms with Crippen LogP contribution in [-0.4, -0.2) is 5.91 Å². The van der Waals surface area contributed by atoms with Crippen LogP contribution < -0.4 is 5.32 Å². The van der Waals surface area contributed by atoms with Gasteiger partial charge in [-0.3, -0.25) is 4.79 Å². The number of hydrogen-bond donors (Lipinski definition) is 1. The summed E-state index contributed by atoms with van der Waals surface area (Å²) in [4.78, 5) is 11.8. The summed E-state index contributed by atoms with van der Waals surface area (Å²) in [6, 6.07) is 13.3. The van der Waals surface area contributed by atoms with Gasteiger partial charge in [-0.25, -0.2) is 0 Å². The maximum Gasteiger partial charge on any atom is 0.248 e. The van der Waals surface area contributed by atoms with Crippen LogP contribution in [0.25, 0.3) is 6.08 Å². The minimum absolute atomic E-state index is 0.158. The lowest BCUT2D eigenvalue weighted by Crippen LogP contribution is -2.07. The molecular formula is C17H17NO2. The van der Waals surface area contributed by atoms with Gasteiger partial charge in [0.2, 0.25) is 5.91 Å². The fourth-order valence-electron chi connectivity index (χ4n) is 2.24. The first-order valence-corrected chi connectivity index (χ1v) is 6.86. The molecule has 1 aromatic carbocycles. The van der Waals surface area contributed by atoms with E-state index >= 15 is 0 Å². The Morgan fingerprint density at radius 2 is 2.00 bits per heavy atom. The Balaban J connectivity index is 1.59. The third-order valence-corrected chi connectivity index (χ3v) is 3.56. The summed E-state index contributed by atoms with van der Waals surface area (Å²) >= 11 is 0. The van der Waals surface area contributed by atoms with E-state index in [1.165, 1.54) is 12.5 Å². The third kappa shape index (κ3) is 2.99. The average Bonchev–Trinajstić information content (AvgIpc) is 3.01. The highest BCUT2D eigenvalue weighted by Crippen LogP contribution is 2.47. The fourth-order valence-corrected chi connectivity index (χ4v) is 2.24. The molecule has 3 nitrogen and oxygen atoms in total. The van der Waals surface area contributed by atoms with Crippen LogP contribution in [0.2, 0.25) is 0 Å². The molecule has 0 radical (unpaired) electrons. The second-order valence-corrected chi connectivity index (χ2v) is 5.25. The number of nitrogens with one attached hydrogen (secondary N) is 1. The minimum Gasteiger partial charge on any atom is -0.461 e. The van der Waals surface area contributed by atoms with E-state index in [4.69, 9.17) is 4.42 Å². The van der Waals surface area contributed by atoms with E-state index in [9.17, 15) is 4.79 Å². The number of amides is 1. The summed E-state index contributed by atoms with van der Waals surface area (Å²) in [7, 11) is 0. The van der Waals surface area contributed by atoms with Gasteiger partial charge >= 0.3 is 0 Å². The summed E-state index contributed by atoms with van der Waals surface area (Å²) in [5.41, 5.74) is 0.786. The van der Waals surface area contributed by atoms with Gasteiger partial charge in [0.25, 0.3) is 0 Å². The normalized spacial score (nSPS) is 21.1. The monoisotopic (exact) mass is 267 g/mol. The number of benzene rings is 1. The van der Waals surface area contributed by atoms with Gasteiger partial charge in [0.05, 0.1) is 0 Å². The van der Waals surface area contributed by atoms with Crippen molar-refractivity contribution in [3.8, 4) is 0 Å². The number of furan rings is 1. The lowest BCUT2D eigenvalue weighted by atomic mass is 10.3. The molecule has 102 valence electrons. The summed E-state index contributed by atoms with van der Waals surface area (Å²) < 4.78 is 5.71. The topological polar surface area (TPSA) is 42.2 Å². The molecule has 3 heteroatoms. The highest BCUT2D eigenvalue weighted by Gasteiger charge is 2.36. The molecular weight excluding hydrogens is 250 g/mol. The van der Waals surface area contributed by atoms with Crippen LogP contribution in [-0.2, 0) is 4.79 Å². The first kappa shape index (κ1) is 12.7. The van der Waals surface area contributed by atoms with Crippen molar-refractivity contribution in [2.75, 3.05) is 5.32 Å². The van der Waals surface area contributed by atoms with E-state index < -0.39 is 0 Å². The van der Waals surface area contributed by atoms with E-state index in [1.807, 2.05) is 42.5 Å². The van der Waals surface area contributed by atoms with E-state index in [2.05, 4.69) is 12.2 Å². The predicted molar refractivity (Wildman–Crippen MR) is 79.3 cm³/mol. The molecule has 0 spiro atoms. The van der Waals surface area contributed by atoms with Crippen LogP contribution in [0.3, 0.4) is 0 Å². The van der Waals surface area contributed by atoms with Crippen LogP contribution in [0.4, 0.5) is 5.69 Å². The molecule has 0 bridgehead atoms. The standard InChI is InChI=1S/C17H17NO2/c1-12-11-15(12)16-9-7-14(20-16)8-10-17(19)18-13-5-3-2-4-6-13/h2-10,12,15H,11H2,1H3,(H,18,19)/b10-8+/t12-,15-/m1/s1. The fraction of sp³-hybridized carbons (Fsp3) is 0.235. The minimum atomic E-state index is -0.158. The van der Waals surface area contributed by atoms with Crippen molar-refractivity contribution < 1.29 is 9.21 Å². The molecule has 0 unspecified atom stereocenters. The largest absolute Gasteiger partial charge is 0.461 e. The zero-order chi connectivity index (χ0) is 13.9. The van der Waals surface area contributed by atoms with E-state index in [0.29, 0.717) is 5.92 Å². The summed E-state index contributed by atoms with van der Waals surface area (Å²) in [6.45, 7) is 2.22. The Bertz CT molecular complexity index is 627. The van der Waals surface area contributed by atoms with Crippen molar-refractivity contribution in [2.45, 2.75) is 19.3 Å². The van der Waals surface area contributed by atoms with Gasteiger partial charge in [0.1, 0.15) is 11.5 Å². The Morgan fingerprint density at radius 1 is 1.25 bits per heavy atom. The van der Waals surface area contributed by atoms with Crippen LogP contribution >= 0.6 is 0 Å². The van der Waals surface area contributed by atoms with Crippen LogP contribution in [0.15, 0.2) is 53.0 Å². The van der Waals surface area contributed by atoms with Gasteiger partial charge in [-0.15, -0.1) is 0 Å². The molecule has 2 atom stereocenters. The van der Waals surface area contributed by atoms with E-state index in [0.717, 1.165) is 23.1 Å². The highest BCUT2D eigenvalue weighted by molar-refractivity contribution is 6.01. The maximum atomic E-state index is 11.8. The van der Waals surface area contributed by atoms with Crippen molar-refractivity contribution in [2.24, 2.45) is 5.92 Å². The number of para-hydroxylation sites is 1. The molecule has 20 heavy (non-hydrogen) atoms. The third-order valence-electron chi connectivity index (χ3n) is 3.56. The first-order valence-electron chi connectivity index (χ1n) is 6.86. The van der Waals surface area contributed by atoms with E-state index in [-0.39, 0.29) is 5.91 Å². The van der Waals surface area contributed by atoms with E-state index in [1.54, 1.807) is 6.08 Å². The molecule has 3 rings (SSSR count). The maximum absolute atomic E-state index is 11.8. The summed E-state index contributed by atoms with van der Waals surface area (Å²) in [5.74, 6) is 2.88. The molecule has 1 N–H and O–H groups in total. The SMILES string of the molecule is C[C@@H]1C[C@H]1c1ccc(/C=C/C(=O)Nc2ccccc2)o1. The molecule has 1 saturated carbocycles. The van der Waals surface area contributed by atoms with Gasteiger partial charge in [-0.05, 0) is 42.7 Å². The zero-order valence-electron chi connectivity index (χ0n) is 11.4. The molecule has 1 heterocycles. The predicted octanol–water partition coefficient (Wildman–Crippen LogP) is 4.05. The number of carbonyl (C=O) groups excluding carboxylic acids is 1. The number of carbonyl (C=O) groups is 1. The van der Waals surface area contributed by atoms with Gasteiger partial charge in [-0.1, -0.05) is 25.1 Å². The lowest BCUT2D eigenvalue weighted by Gasteiger charge is -1.99. The van der Waals surface area contributed by atoms with Crippen LogP contribution in [0, 0.1) is 5.92 Å². The molecule has 1 aromatic heterocycles. The van der Waals surface area contributed by atoms with Crippen LogP contribution in [0.5, 0.6) is 0 Å². The smallest absolute Gasteiger partial charge is 0.248 e. The van der Waals surface area contributed by atoms with Crippen molar-refractivity contribution in [3.63, 3.8) is 0 Å².